The van der Waals surface area contributed by atoms with Gasteiger partial charge in [-0.2, -0.15) is 0 Å². The first kappa shape index (κ1) is 12.4. The predicted octanol–water partition coefficient (Wildman–Crippen LogP) is 3.92. The number of benzene rings is 1. The number of anilines is 1. The molecule has 2 atom stereocenters. The lowest BCUT2D eigenvalue weighted by atomic mass is 10.1. The second-order valence-electron chi connectivity index (χ2n) is 4.49. The highest BCUT2D eigenvalue weighted by molar-refractivity contribution is 9.10. The molecule has 0 fully saturated rings. The van der Waals surface area contributed by atoms with Crippen LogP contribution in [0.2, 0.25) is 0 Å². The van der Waals surface area contributed by atoms with Gasteiger partial charge in [-0.25, -0.2) is 4.39 Å². The Morgan fingerprint density at radius 2 is 2.16 bits per heavy atom. The third-order valence-electron chi connectivity index (χ3n) is 3.09. The molecule has 0 spiro atoms. The number of aromatic nitrogens is 1. The molecule has 1 aromatic heterocycles. The van der Waals surface area contributed by atoms with Gasteiger partial charge in [0.05, 0.1) is 28.1 Å². The van der Waals surface area contributed by atoms with Gasteiger partial charge < -0.3 is 10.1 Å². The molecule has 0 saturated heterocycles. The summed E-state index contributed by atoms with van der Waals surface area (Å²) in [6.45, 7) is 2.01. The monoisotopic (exact) mass is 322 g/mol. The van der Waals surface area contributed by atoms with Crippen LogP contribution in [0.1, 0.15) is 18.7 Å². The quantitative estimate of drug-likeness (QED) is 0.864. The summed E-state index contributed by atoms with van der Waals surface area (Å²) in [5.74, 6) is 0.415. The Morgan fingerprint density at radius 1 is 1.32 bits per heavy atom. The molecule has 0 saturated carbocycles. The van der Waals surface area contributed by atoms with Crippen LogP contribution in [0.5, 0.6) is 5.75 Å². The number of nitrogens with one attached hydrogen (secondary N) is 1. The number of rotatable bonds is 1. The van der Waals surface area contributed by atoms with Crippen molar-refractivity contribution in [3.8, 4) is 5.75 Å². The van der Waals surface area contributed by atoms with Crippen LogP contribution in [0.15, 0.2) is 41.0 Å². The van der Waals surface area contributed by atoms with E-state index in [4.69, 9.17) is 4.74 Å². The minimum Gasteiger partial charge on any atom is -0.479 e. The number of hydrogen-bond donors (Lipinski definition) is 1. The van der Waals surface area contributed by atoms with E-state index in [-0.39, 0.29) is 18.0 Å². The van der Waals surface area contributed by atoms with Gasteiger partial charge in [0, 0.05) is 0 Å². The molecule has 0 amide bonds. The number of ether oxygens (including phenoxy) is 1. The Labute approximate surface area is 118 Å². The Kier molecular flexibility index (Phi) is 3.14. The third-order valence-corrected chi connectivity index (χ3v) is 3.72. The van der Waals surface area contributed by atoms with Gasteiger partial charge >= 0.3 is 0 Å². The average Bonchev–Trinajstić information content (AvgIpc) is 2.40. The Morgan fingerprint density at radius 3 is 2.89 bits per heavy atom. The predicted molar refractivity (Wildman–Crippen MR) is 74.8 cm³/mol. The highest BCUT2D eigenvalue weighted by atomic mass is 79.9. The summed E-state index contributed by atoms with van der Waals surface area (Å²) in [5.41, 5.74) is 1.66. The Hall–Kier alpha value is -1.62. The minimum atomic E-state index is -0.346. The van der Waals surface area contributed by atoms with Crippen LogP contribution < -0.4 is 10.1 Å². The van der Waals surface area contributed by atoms with Gasteiger partial charge in [-0.3, -0.25) is 4.98 Å². The van der Waals surface area contributed by atoms with E-state index >= 15 is 0 Å². The first-order valence-electron chi connectivity index (χ1n) is 5.98. The minimum absolute atomic E-state index is 0.0553. The number of nitrogens with zero attached hydrogens (tertiary/aromatic N) is 1. The summed E-state index contributed by atoms with van der Waals surface area (Å²) in [7, 11) is 0. The fraction of sp³-hybridized carbons (Fsp3) is 0.214. The van der Waals surface area contributed by atoms with Crippen LogP contribution in [0.3, 0.4) is 0 Å². The molecule has 3 rings (SSSR count). The Bertz CT molecular complexity index is 603. The zero-order chi connectivity index (χ0) is 13.4. The molecule has 0 bridgehead atoms. The number of para-hydroxylation sites is 1. The van der Waals surface area contributed by atoms with E-state index in [2.05, 4.69) is 26.2 Å². The van der Waals surface area contributed by atoms with Crippen molar-refractivity contribution < 1.29 is 9.13 Å². The Balaban J connectivity index is 1.97. The van der Waals surface area contributed by atoms with Gasteiger partial charge in [0.2, 0.25) is 0 Å². The zero-order valence-electron chi connectivity index (χ0n) is 10.2. The largest absolute Gasteiger partial charge is 0.479 e. The van der Waals surface area contributed by atoms with Gasteiger partial charge in [-0.15, -0.1) is 0 Å². The van der Waals surface area contributed by atoms with Crippen LogP contribution in [0, 0.1) is 5.82 Å². The van der Waals surface area contributed by atoms with Crippen molar-refractivity contribution in [2.24, 2.45) is 0 Å². The maximum absolute atomic E-state index is 12.9. The van der Waals surface area contributed by atoms with Crippen LogP contribution in [-0.4, -0.2) is 11.0 Å². The van der Waals surface area contributed by atoms with Crippen molar-refractivity contribution >= 4 is 21.6 Å². The molecule has 5 heteroatoms. The highest BCUT2D eigenvalue weighted by Gasteiger charge is 2.29. The molecule has 0 radical (unpaired) electrons. The molecule has 2 heterocycles. The molecule has 1 N–H and O–H groups in total. The summed E-state index contributed by atoms with van der Waals surface area (Å²) < 4.78 is 19.8. The second kappa shape index (κ2) is 4.81. The highest BCUT2D eigenvalue weighted by Crippen LogP contribution is 2.41. The number of hydrogen-bond acceptors (Lipinski definition) is 3. The maximum atomic E-state index is 12.9. The number of fused-ring (bicyclic) bond motifs is 1. The SMILES string of the molecule is CC1Nc2cccc(Br)c2OC1c1ccc(F)cn1. The van der Waals surface area contributed by atoms with Crippen LogP contribution in [0.4, 0.5) is 10.1 Å². The number of pyridine rings is 1. The first-order valence-corrected chi connectivity index (χ1v) is 6.77. The zero-order valence-corrected chi connectivity index (χ0v) is 11.8. The van der Waals surface area contributed by atoms with Gasteiger partial charge in [0.15, 0.2) is 11.9 Å². The molecule has 2 unspecified atom stereocenters. The van der Waals surface area contributed by atoms with Gasteiger partial charge in [0.25, 0.3) is 0 Å². The van der Waals surface area contributed by atoms with Crippen molar-refractivity contribution in [3.63, 3.8) is 0 Å². The lowest BCUT2D eigenvalue weighted by Gasteiger charge is -2.33. The van der Waals surface area contributed by atoms with Crippen LogP contribution >= 0.6 is 15.9 Å². The third kappa shape index (κ3) is 2.30. The van der Waals surface area contributed by atoms with Crippen molar-refractivity contribution in [2.45, 2.75) is 19.1 Å². The molecule has 3 nitrogen and oxygen atoms in total. The fourth-order valence-electron chi connectivity index (χ4n) is 2.16. The molecule has 1 aromatic carbocycles. The van der Waals surface area contributed by atoms with Crippen LogP contribution in [0.25, 0.3) is 0 Å². The smallest absolute Gasteiger partial charge is 0.160 e. The van der Waals surface area contributed by atoms with E-state index in [1.165, 1.54) is 12.3 Å². The summed E-state index contributed by atoms with van der Waals surface area (Å²) in [5, 5.41) is 3.38. The summed E-state index contributed by atoms with van der Waals surface area (Å²) in [6, 6.07) is 8.94. The molecule has 2 aromatic rings. The second-order valence-corrected chi connectivity index (χ2v) is 5.34. The first-order chi connectivity index (χ1) is 9.15. The van der Waals surface area contributed by atoms with Crippen molar-refractivity contribution in [1.82, 2.24) is 4.98 Å². The van der Waals surface area contributed by atoms with Gasteiger partial charge in [-0.05, 0) is 47.1 Å². The molecule has 1 aliphatic heterocycles. The van der Waals surface area contributed by atoms with E-state index in [0.29, 0.717) is 5.69 Å². The van der Waals surface area contributed by atoms with E-state index < -0.39 is 0 Å². The normalized spacial score (nSPS) is 21.2. The maximum Gasteiger partial charge on any atom is 0.160 e. The molecular formula is C14H12BrFN2O. The average molecular weight is 323 g/mol. The van der Waals surface area contributed by atoms with E-state index in [0.717, 1.165) is 15.9 Å². The van der Waals surface area contributed by atoms with Crippen molar-refractivity contribution in [3.05, 3.63) is 52.5 Å². The summed E-state index contributed by atoms with van der Waals surface area (Å²) >= 11 is 3.47. The van der Waals surface area contributed by atoms with Crippen LogP contribution in [-0.2, 0) is 0 Å². The molecular weight excluding hydrogens is 311 g/mol. The van der Waals surface area contributed by atoms with Crippen molar-refractivity contribution in [2.75, 3.05) is 5.32 Å². The fourth-order valence-corrected chi connectivity index (χ4v) is 2.62. The lowest BCUT2D eigenvalue weighted by Crippen LogP contribution is -2.33. The molecule has 1 aliphatic rings. The van der Waals surface area contributed by atoms with E-state index in [1.54, 1.807) is 6.07 Å². The molecule has 98 valence electrons. The topological polar surface area (TPSA) is 34.1 Å². The lowest BCUT2D eigenvalue weighted by molar-refractivity contribution is 0.171. The van der Waals surface area contributed by atoms with Gasteiger partial charge in [-0.1, -0.05) is 6.07 Å². The van der Waals surface area contributed by atoms with E-state index in [9.17, 15) is 4.39 Å². The molecule has 0 aliphatic carbocycles. The standard InChI is InChI=1S/C14H12BrFN2O/c1-8-13(11-6-5-9(16)7-17-11)19-14-10(15)3-2-4-12(14)18-8/h2-8,13,18H,1H3. The summed E-state index contributed by atoms with van der Waals surface area (Å²) in [4.78, 5) is 4.10. The van der Waals surface area contributed by atoms with E-state index in [1.807, 2.05) is 25.1 Å². The number of halogens is 2. The summed E-state index contributed by atoms with van der Waals surface area (Å²) in [6.07, 6.45) is 0.966. The van der Waals surface area contributed by atoms with Gasteiger partial charge in [0.1, 0.15) is 5.82 Å². The van der Waals surface area contributed by atoms with Crippen molar-refractivity contribution in [1.29, 1.82) is 0 Å². The molecule has 19 heavy (non-hydrogen) atoms.